The summed E-state index contributed by atoms with van der Waals surface area (Å²) in [6.07, 6.45) is 3.59. The molecule has 0 bridgehead atoms. The van der Waals surface area contributed by atoms with Crippen LogP contribution in [-0.2, 0) is 13.5 Å². The van der Waals surface area contributed by atoms with E-state index in [1.165, 1.54) is 16.7 Å². The lowest BCUT2D eigenvalue weighted by Gasteiger charge is -2.07. The van der Waals surface area contributed by atoms with E-state index in [4.69, 9.17) is 0 Å². The standard InChI is InChI=1S/C16H18N2O/c1-10(2)16-14(9-18(3)17-16)12-4-6-13-11(8-12)5-7-15(13)19/h4,6,8-10H,5,7H2,1-3H3. The van der Waals surface area contributed by atoms with Gasteiger partial charge in [0.05, 0.1) is 5.69 Å². The highest BCUT2D eigenvalue weighted by Crippen LogP contribution is 2.32. The molecule has 0 saturated heterocycles. The number of Topliss-reactive ketones (excluding diaryl/α,β-unsaturated/α-hetero) is 1. The largest absolute Gasteiger partial charge is 0.294 e. The summed E-state index contributed by atoms with van der Waals surface area (Å²) in [7, 11) is 1.95. The molecule has 1 aromatic heterocycles. The van der Waals surface area contributed by atoms with Gasteiger partial charge in [-0.1, -0.05) is 32.0 Å². The number of hydrogen-bond acceptors (Lipinski definition) is 2. The van der Waals surface area contributed by atoms with Crippen LogP contribution in [0.2, 0.25) is 0 Å². The summed E-state index contributed by atoms with van der Waals surface area (Å²) in [4.78, 5) is 11.7. The lowest BCUT2D eigenvalue weighted by molar-refractivity contribution is 0.0994. The van der Waals surface area contributed by atoms with Gasteiger partial charge in [-0.05, 0) is 23.5 Å². The zero-order chi connectivity index (χ0) is 13.6. The van der Waals surface area contributed by atoms with E-state index < -0.39 is 0 Å². The molecule has 0 unspecified atom stereocenters. The molecule has 0 saturated carbocycles. The van der Waals surface area contributed by atoms with E-state index >= 15 is 0 Å². The van der Waals surface area contributed by atoms with Gasteiger partial charge < -0.3 is 0 Å². The molecule has 1 aliphatic rings. The van der Waals surface area contributed by atoms with Crippen LogP contribution in [0, 0.1) is 0 Å². The van der Waals surface area contributed by atoms with Crippen molar-refractivity contribution < 1.29 is 4.79 Å². The van der Waals surface area contributed by atoms with Crippen LogP contribution in [0.4, 0.5) is 0 Å². The summed E-state index contributed by atoms with van der Waals surface area (Å²) in [6.45, 7) is 4.31. The molecule has 3 nitrogen and oxygen atoms in total. The highest BCUT2D eigenvalue weighted by atomic mass is 16.1. The smallest absolute Gasteiger partial charge is 0.163 e. The lowest BCUT2D eigenvalue weighted by atomic mass is 9.97. The molecule has 1 aromatic carbocycles. The summed E-state index contributed by atoms with van der Waals surface area (Å²) >= 11 is 0. The van der Waals surface area contributed by atoms with Crippen LogP contribution < -0.4 is 0 Å². The first kappa shape index (κ1) is 12.2. The van der Waals surface area contributed by atoms with Gasteiger partial charge in [0.15, 0.2) is 5.78 Å². The molecular formula is C16H18N2O. The van der Waals surface area contributed by atoms with Crippen molar-refractivity contribution in [1.82, 2.24) is 9.78 Å². The lowest BCUT2D eigenvalue weighted by Crippen LogP contribution is -1.94. The monoisotopic (exact) mass is 254 g/mol. The molecule has 0 atom stereocenters. The Morgan fingerprint density at radius 1 is 1.21 bits per heavy atom. The molecule has 0 N–H and O–H groups in total. The maximum Gasteiger partial charge on any atom is 0.163 e. The summed E-state index contributed by atoms with van der Waals surface area (Å²) in [5, 5.41) is 4.54. The molecule has 0 radical (unpaired) electrons. The van der Waals surface area contributed by atoms with E-state index in [2.05, 4.69) is 31.2 Å². The van der Waals surface area contributed by atoms with Gasteiger partial charge >= 0.3 is 0 Å². The van der Waals surface area contributed by atoms with Crippen LogP contribution in [-0.4, -0.2) is 15.6 Å². The number of nitrogens with zero attached hydrogens (tertiary/aromatic N) is 2. The van der Waals surface area contributed by atoms with E-state index in [0.717, 1.165) is 17.7 Å². The third kappa shape index (κ3) is 1.99. The predicted octanol–water partition coefficient (Wildman–Crippen LogP) is 3.34. The van der Waals surface area contributed by atoms with E-state index in [9.17, 15) is 4.79 Å². The number of aryl methyl sites for hydroxylation is 2. The Bertz CT molecular complexity index is 653. The molecule has 0 spiro atoms. The van der Waals surface area contributed by atoms with E-state index in [-0.39, 0.29) is 5.78 Å². The third-order valence-corrected chi connectivity index (χ3v) is 3.74. The van der Waals surface area contributed by atoms with Crippen molar-refractivity contribution in [1.29, 1.82) is 0 Å². The normalized spacial score (nSPS) is 14.2. The van der Waals surface area contributed by atoms with Crippen LogP contribution in [0.25, 0.3) is 11.1 Å². The number of carbonyl (C=O) groups excluding carboxylic acids is 1. The highest BCUT2D eigenvalue weighted by molar-refractivity contribution is 6.01. The van der Waals surface area contributed by atoms with Crippen molar-refractivity contribution in [3.63, 3.8) is 0 Å². The van der Waals surface area contributed by atoms with Crippen molar-refractivity contribution in [3.05, 3.63) is 41.2 Å². The second-order valence-corrected chi connectivity index (χ2v) is 5.55. The maximum absolute atomic E-state index is 11.7. The zero-order valence-electron chi connectivity index (χ0n) is 11.6. The summed E-state index contributed by atoms with van der Waals surface area (Å²) in [6, 6.07) is 6.17. The predicted molar refractivity (Wildman–Crippen MR) is 75.4 cm³/mol. The van der Waals surface area contributed by atoms with Crippen molar-refractivity contribution in [2.24, 2.45) is 7.05 Å². The number of rotatable bonds is 2. The Hall–Kier alpha value is -1.90. The van der Waals surface area contributed by atoms with Crippen LogP contribution in [0.1, 0.15) is 47.8 Å². The van der Waals surface area contributed by atoms with Gasteiger partial charge in [-0.3, -0.25) is 9.48 Å². The minimum Gasteiger partial charge on any atom is -0.294 e. The second kappa shape index (κ2) is 4.34. The minimum atomic E-state index is 0.275. The summed E-state index contributed by atoms with van der Waals surface area (Å²) < 4.78 is 1.86. The molecule has 0 fully saturated rings. The van der Waals surface area contributed by atoms with Crippen molar-refractivity contribution in [2.45, 2.75) is 32.6 Å². The average Bonchev–Trinajstić information content (AvgIpc) is 2.93. The molecule has 3 heteroatoms. The highest BCUT2D eigenvalue weighted by Gasteiger charge is 2.21. The molecule has 98 valence electrons. The number of benzene rings is 1. The van der Waals surface area contributed by atoms with Crippen molar-refractivity contribution in [2.75, 3.05) is 0 Å². The van der Waals surface area contributed by atoms with Crippen molar-refractivity contribution >= 4 is 5.78 Å². The minimum absolute atomic E-state index is 0.275. The van der Waals surface area contributed by atoms with Crippen LogP contribution >= 0.6 is 0 Å². The molecule has 2 aromatic rings. The SMILES string of the molecule is CC(C)c1nn(C)cc1-c1ccc2c(c1)CCC2=O. The first-order valence-electron chi connectivity index (χ1n) is 6.76. The number of aromatic nitrogens is 2. The van der Waals surface area contributed by atoms with Crippen LogP contribution in [0.15, 0.2) is 24.4 Å². The first-order valence-corrected chi connectivity index (χ1v) is 6.76. The Labute approximate surface area is 113 Å². The Balaban J connectivity index is 2.11. The molecular weight excluding hydrogens is 236 g/mol. The Morgan fingerprint density at radius 2 is 2.00 bits per heavy atom. The Morgan fingerprint density at radius 3 is 2.74 bits per heavy atom. The van der Waals surface area contributed by atoms with Gasteiger partial charge in [0.2, 0.25) is 0 Å². The van der Waals surface area contributed by atoms with Gasteiger partial charge in [-0.15, -0.1) is 0 Å². The molecule has 19 heavy (non-hydrogen) atoms. The zero-order valence-corrected chi connectivity index (χ0v) is 11.6. The molecule has 0 amide bonds. The van der Waals surface area contributed by atoms with Crippen molar-refractivity contribution in [3.8, 4) is 11.1 Å². The van der Waals surface area contributed by atoms with Gasteiger partial charge in [-0.2, -0.15) is 5.10 Å². The summed E-state index contributed by atoms with van der Waals surface area (Å²) in [5.41, 5.74) is 5.55. The number of fused-ring (bicyclic) bond motifs is 1. The average molecular weight is 254 g/mol. The molecule has 1 heterocycles. The van der Waals surface area contributed by atoms with Gasteiger partial charge in [0.1, 0.15) is 0 Å². The van der Waals surface area contributed by atoms with Crippen LogP contribution in [0.3, 0.4) is 0 Å². The third-order valence-electron chi connectivity index (χ3n) is 3.74. The first-order chi connectivity index (χ1) is 9.06. The molecule has 3 rings (SSSR count). The van der Waals surface area contributed by atoms with Crippen LogP contribution in [0.5, 0.6) is 0 Å². The quantitative estimate of drug-likeness (QED) is 0.823. The summed E-state index contributed by atoms with van der Waals surface area (Å²) in [5.74, 6) is 0.669. The fourth-order valence-electron chi connectivity index (χ4n) is 2.78. The van der Waals surface area contributed by atoms with E-state index in [1.807, 2.05) is 23.9 Å². The van der Waals surface area contributed by atoms with E-state index in [0.29, 0.717) is 12.3 Å². The number of carbonyl (C=O) groups is 1. The molecule has 1 aliphatic carbocycles. The van der Waals surface area contributed by atoms with Gasteiger partial charge in [0.25, 0.3) is 0 Å². The van der Waals surface area contributed by atoms with Gasteiger partial charge in [0, 0.05) is 30.8 Å². The Kier molecular flexibility index (Phi) is 2.77. The fraction of sp³-hybridized carbons (Fsp3) is 0.375. The fourth-order valence-corrected chi connectivity index (χ4v) is 2.78. The second-order valence-electron chi connectivity index (χ2n) is 5.55. The topological polar surface area (TPSA) is 34.9 Å². The van der Waals surface area contributed by atoms with E-state index in [1.54, 1.807) is 0 Å². The number of hydrogen-bond donors (Lipinski definition) is 0. The van der Waals surface area contributed by atoms with Gasteiger partial charge in [-0.25, -0.2) is 0 Å². The maximum atomic E-state index is 11.7. The molecule has 0 aliphatic heterocycles. The number of ketones is 1.